The lowest BCUT2D eigenvalue weighted by Gasteiger charge is -2.38. The molecule has 2 aliphatic heterocycles. The number of hydrogen-bond donors (Lipinski definition) is 1. The van der Waals surface area contributed by atoms with Crippen LogP contribution in [0.25, 0.3) is 0 Å². The van der Waals surface area contributed by atoms with Crippen LogP contribution in [0.4, 0.5) is 9.18 Å². The Bertz CT molecular complexity index is 1150. The highest BCUT2D eigenvalue weighted by atomic mass is 35.5. The molecule has 1 amide bonds. The minimum atomic E-state index is -1.27. The number of amides is 1. The summed E-state index contributed by atoms with van der Waals surface area (Å²) in [5.74, 6) is -0.520. The number of methoxy groups -OCH3 is 1. The average Bonchev–Trinajstić information content (AvgIpc) is 3.43. The second-order valence-corrected chi connectivity index (χ2v) is 8.96. The molecule has 0 spiro atoms. The van der Waals surface area contributed by atoms with Crippen molar-refractivity contribution < 1.29 is 23.5 Å². The molecular formula is C22H22ClFN4O4S. The van der Waals surface area contributed by atoms with Crippen LogP contribution in [0.2, 0.25) is 5.02 Å². The fourth-order valence-corrected chi connectivity index (χ4v) is 5.20. The maximum Gasteiger partial charge on any atom is 0.407 e. The summed E-state index contributed by atoms with van der Waals surface area (Å²) in [5, 5.41) is 5.39. The van der Waals surface area contributed by atoms with E-state index in [0.29, 0.717) is 35.1 Å². The number of benzene rings is 1. The average molecular weight is 493 g/mol. The largest absolute Gasteiger partial charge is 0.463 e. The quantitative estimate of drug-likeness (QED) is 0.637. The molecule has 11 heteroatoms. The molecule has 0 saturated carbocycles. The van der Waals surface area contributed by atoms with E-state index < -0.39 is 23.4 Å². The van der Waals surface area contributed by atoms with E-state index >= 15 is 0 Å². The molecule has 174 valence electrons. The lowest BCUT2D eigenvalue weighted by molar-refractivity contribution is -0.139. The highest BCUT2D eigenvalue weighted by Gasteiger charge is 2.49. The second kappa shape index (κ2) is 9.11. The third-order valence-corrected chi connectivity index (χ3v) is 6.68. The van der Waals surface area contributed by atoms with Gasteiger partial charge in [0.25, 0.3) is 0 Å². The van der Waals surface area contributed by atoms with Crippen molar-refractivity contribution in [3.05, 3.63) is 62.5 Å². The number of carbonyl (C=O) groups is 2. The summed E-state index contributed by atoms with van der Waals surface area (Å²) in [7, 11) is 1.29. The third kappa shape index (κ3) is 4.20. The molecule has 0 unspecified atom stereocenters. The van der Waals surface area contributed by atoms with Gasteiger partial charge in [0.1, 0.15) is 11.4 Å². The number of alkyl carbamates (subject to hydrolysis) is 1. The van der Waals surface area contributed by atoms with Crippen LogP contribution < -0.4 is 5.32 Å². The summed E-state index contributed by atoms with van der Waals surface area (Å²) in [6, 6.07) is 3.65. The first kappa shape index (κ1) is 23.2. The van der Waals surface area contributed by atoms with Gasteiger partial charge in [-0.05, 0) is 26.0 Å². The van der Waals surface area contributed by atoms with Gasteiger partial charge in [-0.15, -0.1) is 11.3 Å². The monoisotopic (exact) mass is 492 g/mol. The van der Waals surface area contributed by atoms with Gasteiger partial charge in [0, 0.05) is 40.8 Å². The maximum atomic E-state index is 13.8. The van der Waals surface area contributed by atoms with E-state index in [4.69, 9.17) is 26.1 Å². The number of hydrogen-bond acceptors (Lipinski definition) is 8. The summed E-state index contributed by atoms with van der Waals surface area (Å²) in [6.45, 7) is 3.98. The van der Waals surface area contributed by atoms with E-state index in [0.717, 1.165) is 0 Å². The molecule has 1 fully saturated rings. The molecular weight excluding hydrogens is 471 g/mol. The van der Waals surface area contributed by atoms with Crippen LogP contribution in [0, 0.1) is 5.82 Å². The van der Waals surface area contributed by atoms with Crippen molar-refractivity contribution in [3.63, 3.8) is 0 Å². The summed E-state index contributed by atoms with van der Waals surface area (Å²) >= 11 is 7.84. The van der Waals surface area contributed by atoms with Crippen molar-refractivity contribution in [1.29, 1.82) is 0 Å². The standard InChI is InChI=1S/C22H22ClFN4O4S/c1-4-32-20(29)17-16-10-13(26-21(30)31-3)11-28(16)18(19-25-7-8-33-19)27-22(17,2)14-6-5-12(24)9-15(14)23/h5-9,13H,4,10-11H2,1-3H3,(H,26,30)/t13-,22-/m0/s1. The number of halogens is 2. The van der Waals surface area contributed by atoms with Gasteiger partial charge in [-0.3, -0.25) is 0 Å². The number of fused-ring (bicyclic) bond motifs is 1. The number of aliphatic imine (C=N–C) groups is 1. The Morgan fingerprint density at radius 3 is 2.85 bits per heavy atom. The summed E-state index contributed by atoms with van der Waals surface area (Å²) in [5.41, 5.74) is 0.105. The molecule has 0 bridgehead atoms. The van der Waals surface area contributed by atoms with E-state index in [1.807, 2.05) is 10.3 Å². The van der Waals surface area contributed by atoms with Crippen molar-refractivity contribution in [2.45, 2.75) is 31.8 Å². The minimum Gasteiger partial charge on any atom is -0.463 e. The number of amidine groups is 1. The van der Waals surface area contributed by atoms with E-state index in [1.54, 1.807) is 20.0 Å². The van der Waals surface area contributed by atoms with Crippen molar-refractivity contribution in [2.24, 2.45) is 4.99 Å². The highest BCUT2D eigenvalue weighted by molar-refractivity contribution is 7.11. The first-order valence-corrected chi connectivity index (χ1v) is 11.5. The van der Waals surface area contributed by atoms with Crippen LogP contribution in [0.5, 0.6) is 0 Å². The molecule has 2 aliphatic rings. The first-order valence-electron chi connectivity index (χ1n) is 10.3. The lowest BCUT2D eigenvalue weighted by Crippen LogP contribution is -2.43. The Balaban J connectivity index is 1.93. The Hall–Kier alpha value is -2.98. The molecule has 3 heterocycles. The fraction of sp³-hybridized carbons (Fsp3) is 0.364. The summed E-state index contributed by atoms with van der Waals surface area (Å²) in [4.78, 5) is 36.4. The fourth-order valence-electron chi connectivity index (χ4n) is 4.22. The zero-order valence-electron chi connectivity index (χ0n) is 18.2. The van der Waals surface area contributed by atoms with Gasteiger partial charge in [-0.25, -0.2) is 24.0 Å². The number of rotatable bonds is 5. The van der Waals surface area contributed by atoms with Gasteiger partial charge in [0.15, 0.2) is 10.8 Å². The zero-order chi connectivity index (χ0) is 23.8. The number of aromatic nitrogens is 1. The van der Waals surface area contributed by atoms with Gasteiger partial charge >= 0.3 is 12.1 Å². The van der Waals surface area contributed by atoms with E-state index in [9.17, 15) is 14.0 Å². The van der Waals surface area contributed by atoms with Crippen LogP contribution in [-0.4, -0.2) is 54.1 Å². The summed E-state index contributed by atoms with van der Waals surface area (Å²) in [6.07, 6.45) is 1.42. The molecule has 0 aliphatic carbocycles. The lowest BCUT2D eigenvalue weighted by atomic mass is 9.81. The van der Waals surface area contributed by atoms with Crippen LogP contribution in [-0.2, 0) is 19.8 Å². The van der Waals surface area contributed by atoms with Gasteiger partial charge in [0.2, 0.25) is 0 Å². The first-order chi connectivity index (χ1) is 15.8. The molecule has 2 aromatic rings. The molecule has 2 atom stereocenters. The van der Waals surface area contributed by atoms with E-state index in [2.05, 4.69) is 10.3 Å². The topological polar surface area (TPSA) is 93.1 Å². The van der Waals surface area contributed by atoms with Crippen LogP contribution in [0.3, 0.4) is 0 Å². The highest BCUT2D eigenvalue weighted by Crippen LogP contribution is 2.46. The van der Waals surface area contributed by atoms with Gasteiger partial charge in [-0.2, -0.15) is 0 Å². The molecule has 8 nitrogen and oxygen atoms in total. The zero-order valence-corrected chi connectivity index (χ0v) is 19.8. The number of nitrogens with zero attached hydrogens (tertiary/aromatic N) is 3. The SMILES string of the molecule is CCOC(=O)C1=C2C[C@H](NC(=O)OC)CN2C(c2nccs2)=N[C@@]1(C)c1ccc(F)cc1Cl. The van der Waals surface area contributed by atoms with Crippen molar-refractivity contribution in [1.82, 2.24) is 15.2 Å². The van der Waals surface area contributed by atoms with Crippen LogP contribution >= 0.6 is 22.9 Å². The van der Waals surface area contributed by atoms with Gasteiger partial charge in [-0.1, -0.05) is 17.7 Å². The number of carbonyl (C=O) groups excluding carboxylic acids is 2. The number of ether oxygens (including phenoxy) is 2. The molecule has 1 aromatic heterocycles. The molecule has 1 saturated heterocycles. The Kier molecular flexibility index (Phi) is 6.40. The number of nitrogens with one attached hydrogen (secondary N) is 1. The van der Waals surface area contributed by atoms with E-state index in [1.165, 1.54) is 36.6 Å². The Labute approximate surface area is 199 Å². The number of esters is 1. The third-order valence-electron chi connectivity index (χ3n) is 5.60. The van der Waals surface area contributed by atoms with Crippen molar-refractivity contribution in [3.8, 4) is 0 Å². The Morgan fingerprint density at radius 1 is 1.42 bits per heavy atom. The second-order valence-electron chi connectivity index (χ2n) is 7.66. The van der Waals surface area contributed by atoms with E-state index in [-0.39, 0.29) is 23.2 Å². The maximum absolute atomic E-state index is 13.8. The van der Waals surface area contributed by atoms with Gasteiger partial charge in [0.05, 0.1) is 25.3 Å². The molecule has 0 radical (unpaired) electrons. The molecule has 33 heavy (non-hydrogen) atoms. The predicted octanol–water partition coefficient (Wildman–Crippen LogP) is 3.86. The van der Waals surface area contributed by atoms with Crippen molar-refractivity contribution in [2.75, 3.05) is 20.3 Å². The summed E-state index contributed by atoms with van der Waals surface area (Å²) < 4.78 is 24.0. The molecule has 1 N–H and O–H groups in total. The smallest absolute Gasteiger partial charge is 0.407 e. The van der Waals surface area contributed by atoms with Crippen LogP contribution in [0.1, 0.15) is 30.8 Å². The number of thiazole rings is 1. The van der Waals surface area contributed by atoms with Crippen LogP contribution in [0.15, 0.2) is 46.0 Å². The van der Waals surface area contributed by atoms with Gasteiger partial charge < -0.3 is 19.7 Å². The Morgan fingerprint density at radius 2 is 2.21 bits per heavy atom. The van der Waals surface area contributed by atoms with Crippen molar-refractivity contribution >= 4 is 40.8 Å². The normalized spacial score (nSPS) is 22.0. The molecule has 1 aromatic carbocycles. The molecule has 4 rings (SSSR count). The predicted molar refractivity (Wildman–Crippen MR) is 122 cm³/mol. The minimum absolute atomic E-state index is 0.137.